The Labute approximate surface area is 162 Å². The van der Waals surface area contributed by atoms with E-state index in [1.165, 1.54) is 31.6 Å². The average Bonchev–Trinajstić information content (AvgIpc) is 3.15. The molecule has 1 aromatic heterocycles. The number of carboxylic acids is 2. The predicted octanol–water partition coefficient (Wildman–Crippen LogP) is -0.740. The molecule has 11 heteroatoms. The van der Waals surface area contributed by atoms with Crippen molar-refractivity contribution in [2.24, 2.45) is 5.92 Å². The van der Waals surface area contributed by atoms with Gasteiger partial charge in [-0.05, 0) is 18.2 Å². The number of hydrogen-bond donors (Lipinski definition) is 5. The van der Waals surface area contributed by atoms with Crippen molar-refractivity contribution < 1.29 is 53.8 Å². The number of methoxy groups -OCH3 is 1. The van der Waals surface area contributed by atoms with Gasteiger partial charge in [0.25, 0.3) is 0 Å². The zero-order chi connectivity index (χ0) is 21.5. The second-order valence-electron chi connectivity index (χ2n) is 6.49. The third-order valence-corrected chi connectivity index (χ3v) is 4.83. The van der Waals surface area contributed by atoms with E-state index in [2.05, 4.69) is 0 Å². The summed E-state index contributed by atoms with van der Waals surface area (Å²) in [5.74, 6) is -6.53. The first-order valence-electron chi connectivity index (χ1n) is 8.42. The fraction of sp³-hybridized carbons (Fsp3) is 0.389. The Balaban J connectivity index is 2.05. The van der Waals surface area contributed by atoms with Gasteiger partial charge >= 0.3 is 11.9 Å². The molecule has 5 N–H and O–H groups in total. The van der Waals surface area contributed by atoms with E-state index in [4.69, 9.17) is 19.0 Å². The summed E-state index contributed by atoms with van der Waals surface area (Å²) in [7, 11) is 1.26. The van der Waals surface area contributed by atoms with E-state index < -0.39 is 54.2 Å². The molecule has 1 fully saturated rings. The lowest BCUT2D eigenvalue weighted by Gasteiger charge is -2.40. The Hall–Kier alpha value is -2.99. The number of benzene rings is 1. The van der Waals surface area contributed by atoms with Crippen molar-refractivity contribution in [1.82, 2.24) is 0 Å². The number of carbonyl (C=O) groups excluding carboxylic acids is 1. The van der Waals surface area contributed by atoms with Gasteiger partial charge in [0.1, 0.15) is 41.7 Å². The van der Waals surface area contributed by atoms with E-state index in [9.17, 15) is 34.8 Å². The Morgan fingerprint density at radius 3 is 2.31 bits per heavy atom. The smallest absolute Gasteiger partial charge is 0.335 e. The molecule has 29 heavy (non-hydrogen) atoms. The first-order valence-corrected chi connectivity index (χ1v) is 8.42. The van der Waals surface area contributed by atoms with Crippen LogP contribution in [0.5, 0.6) is 5.75 Å². The van der Waals surface area contributed by atoms with Crippen molar-refractivity contribution in [3.63, 3.8) is 0 Å². The Kier molecular flexibility index (Phi) is 5.57. The van der Waals surface area contributed by atoms with Crippen molar-refractivity contribution in [1.29, 1.82) is 0 Å². The SMILES string of the molecule is COc1c(C(=O)C(C(=O)O)C2OC(C(=O)O)C(O)C(O)C2O)ccc2occc12. The van der Waals surface area contributed by atoms with Gasteiger partial charge in [0.15, 0.2) is 11.9 Å². The molecule has 0 bridgehead atoms. The third-order valence-electron chi connectivity index (χ3n) is 4.83. The summed E-state index contributed by atoms with van der Waals surface area (Å²) < 4.78 is 15.5. The van der Waals surface area contributed by atoms with E-state index in [1.54, 1.807) is 0 Å². The van der Waals surface area contributed by atoms with Crippen LogP contribution in [0.1, 0.15) is 10.4 Å². The minimum absolute atomic E-state index is 0.0215. The molecule has 0 saturated carbocycles. The van der Waals surface area contributed by atoms with E-state index in [0.29, 0.717) is 11.0 Å². The van der Waals surface area contributed by atoms with Crippen molar-refractivity contribution in [2.45, 2.75) is 30.5 Å². The van der Waals surface area contributed by atoms with Gasteiger partial charge in [0.05, 0.1) is 24.3 Å². The Bertz CT molecular complexity index is 948. The molecule has 0 amide bonds. The van der Waals surface area contributed by atoms with Gasteiger partial charge in [-0.3, -0.25) is 9.59 Å². The van der Waals surface area contributed by atoms with E-state index in [1.807, 2.05) is 0 Å². The van der Waals surface area contributed by atoms with Crippen LogP contribution >= 0.6 is 0 Å². The minimum Gasteiger partial charge on any atom is -0.495 e. The number of carbonyl (C=O) groups is 3. The van der Waals surface area contributed by atoms with Crippen molar-refractivity contribution in [3.8, 4) is 5.75 Å². The van der Waals surface area contributed by atoms with Gasteiger partial charge in [-0.25, -0.2) is 4.79 Å². The number of ether oxygens (including phenoxy) is 2. The van der Waals surface area contributed by atoms with Gasteiger partial charge in [0, 0.05) is 0 Å². The number of aliphatic hydroxyl groups is 3. The lowest BCUT2D eigenvalue weighted by atomic mass is 9.83. The molecule has 2 aromatic rings. The number of carboxylic acid groups (broad SMARTS) is 2. The molecule has 0 radical (unpaired) electrons. The summed E-state index contributed by atoms with van der Waals surface area (Å²) in [5, 5.41) is 49.1. The van der Waals surface area contributed by atoms with Crippen LogP contribution in [0.15, 0.2) is 28.9 Å². The first kappa shape index (κ1) is 20.7. The summed E-state index contributed by atoms with van der Waals surface area (Å²) in [5.41, 5.74) is 0.209. The van der Waals surface area contributed by atoms with Gasteiger partial charge < -0.3 is 39.4 Å². The predicted molar refractivity (Wildman–Crippen MR) is 92.5 cm³/mol. The highest BCUT2D eigenvalue weighted by molar-refractivity contribution is 6.12. The third kappa shape index (κ3) is 3.44. The first-order chi connectivity index (χ1) is 13.7. The molecule has 11 nitrogen and oxygen atoms in total. The van der Waals surface area contributed by atoms with Crippen LogP contribution in [0.4, 0.5) is 0 Å². The Morgan fingerprint density at radius 2 is 1.72 bits per heavy atom. The topological polar surface area (TPSA) is 184 Å². The maximum absolute atomic E-state index is 13.1. The summed E-state index contributed by atoms with van der Waals surface area (Å²) >= 11 is 0. The largest absolute Gasteiger partial charge is 0.495 e. The molecule has 3 rings (SSSR count). The van der Waals surface area contributed by atoms with Crippen LogP contribution in [0.25, 0.3) is 11.0 Å². The monoisotopic (exact) mass is 410 g/mol. The van der Waals surface area contributed by atoms with Crippen LogP contribution in [0.2, 0.25) is 0 Å². The summed E-state index contributed by atoms with van der Waals surface area (Å²) in [6, 6.07) is 4.19. The van der Waals surface area contributed by atoms with Crippen molar-refractivity contribution >= 4 is 28.7 Å². The molecule has 0 spiro atoms. The summed E-state index contributed by atoms with van der Waals surface area (Å²) in [6.45, 7) is 0. The maximum Gasteiger partial charge on any atom is 0.335 e. The Morgan fingerprint density at radius 1 is 1.03 bits per heavy atom. The summed E-state index contributed by atoms with van der Waals surface area (Å²) in [6.07, 6.45) is -8.72. The fourth-order valence-electron chi connectivity index (χ4n) is 3.39. The molecule has 6 unspecified atom stereocenters. The molecule has 1 saturated heterocycles. The lowest BCUT2D eigenvalue weighted by Crippen LogP contribution is -2.63. The van der Waals surface area contributed by atoms with E-state index in [-0.39, 0.29) is 11.3 Å². The number of rotatable bonds is 6. The van der Waals surface area contributed by atoms with E-state index in [0.717, 1.165) is 0 Å². The molecular formula is C18H18O11. The number of Topliss-reactive ketones (excluding diaryl/α,β-unsaturated/α-hetero) is 1. The van der Waals surface area contributed by atoms with Gasteiger partial charge in [-0.1, -0.05) is 0 Å². The summed E-state index contributed by atoms with van der Waals surface area (Å²) in [4.78, 5) is 36.2. The van der Waals surface area contributed by atoms with Crippen molar-refractivity contribution in [2.75, 3.05) is 7.11 Å². The lowest BCUT2D eigenvalue weighted by molar-refractivity contribution is -0.235. The molecule has 6 atom stereocenters. The average molecular weight is 410 g/mol. The highest BCUT2D eigenvalue weighted by atomic mass is 16.6. The second kappa shape index (κ2) is 7.79. The van der Waals surface area contributed by atoms with Gasteiger partial charge in [-0.15, -0.1) is 0 Å². The van der Waals surface area contributed by atoms with Crippen LogP contribution in [-0.4, -0.2) is 80.9 Å². The number of furan rings is 1. The van der Waals surface area contributed by atoms with Gasteiger partial charge in [0.2, 0.25) is 0 Å². The number of aliphatic hydroxyl groups excluding tert-OH is 3. The maximum atomic E-state index is 13.1. The normalized spacial score (nSPS) is 28.1. The molecule has 1 aliphatic rings. The van der Waals surface area contributed by atoms with Crippen molar-refractivity contribution in [3.05, 3.63) is 30.0 Å². The zero-order valence-corrected chi connectivity index (χ0v) is 15.0. The van der Waals surface area contributed by atoms with E-state index >= 15 is 0 Å². The number of aliphatic carboxylic acids is 2. The molecule has 2 heterocycles. The second-order valence-corrected chi connectivity index (χ2v) is 6.49. The number of hydrogen-bond acceptors (Lipinski definition) is 9. The number of ketones is 1. The fourth-order valence-corrected chi connectivity index (χ4v) is 3.39. The van der Waals surface area contributed by atoms with Crippen LogP contribution in [0, 0.1) is 5.92 Å². The highest BCUT2D eigenvalue weighted by Crippen LogP contribution is 2.35. The number of fused-ring (bicyclic) bond motifs is 1. The molecular weight excluding hydrogens is 392 g/mol. The molecule has 1 aromatic carbocycles. The van der Waals surface area contributed by atoms with Gasteiger partial charge in [-0.2, -0.15) is 0 Å². The quantitative estimate of drug-likeness (QED) is 0.298. The minimum atomic E-state index is -2.09. The molecule has 0 aliphatic carbocycles. The molecule has 1 aliphatic heterocycles. The van der Waals surface area contributed by atoms with Crippen LogP contribution in [-0.2, 0) is 14.3 Å². The standard InChI is InChI=1S/C18H18O11/c1-27-14-6-4-5-28-8(6)3-2-7(14)10(19)9(17(23)24)15-12(21)11(20)13(22)16(29-15)18(25)26/h2-5,9,11-13,15-16,20-22H,1H3,(H,23,24)(H,25,26). The highest BCUT2D eigenvalue weighted by Gasteiger charge is 2.53. The van der Waals surface area contributed by atoms with Crippen LogP contribution < -0.4 is 4.74 Å². The zero-order valence-electron chi connectivity index (χ0n) is 15.0. The van der Waals surface area contributed by atoms with Crippen LogP contribution in [0.3, 0.4) is 0 Å². The molecule has 156 valence electrons.